The van der Waals surface area contributed by atoms with Crippen LogP contribution in [0.4, 0.5) is 0 Å². The van der Waals surface area contributed by atoms with Crippen molar-refractivity contribution < 1.29 is 9.90 Å². The van der Waals surface area contributed by atoms with Crippen LogP contribution in [0.3, 0.4) is 0 Å². The van der Waals surface area contributed by atoms with Gasteiger partial charge in [0, 0.05) is 17.1 Å². The van der Waals surface area contributed by atoms with Crippen LogP contribution < -0.4 is 21.7 Å². The maximum absolute atomic E-state index is 13.3. The van der Waals surface area contributed by atoms with Gasteiger partial charge in [-0.25, -0.2) is 4.99 Å². The van der Waals surface area contributed by atoms with Crippen LogP contribution in [0, 0.1) is 0 Å². The van der Waals surface area contributed by atoms with E-state index >= 15 is 0 Å². The van der Waals surface area contributed by atoms with E-state index in [1.165, 1.54) is 4.57 Å². The largest absolute Gasteiger partial charge is 0.506 e. The van der Waals surface area contributed by atoms with Crippen molar-refractivity contribution in [1.29, 1.82) is 0 Å². The Balaban J connectivity index is 1.93. The number of halogens is 1. The van der Waals surface area contributed by atoms with Crippen molar-refractivity contribution in [2.24, 2.45) is 4.99 Å². The molecule has 3 N–H and O–H groups in total. The maximum Gasteiger partial charge on any atom is 0.279 e. The summed E-state index contributed by atoms with van der Waals surface area (Å²) in [4.78, 5) is 42.8. The Morgan fingerprint density at radius 2 is 1.81 bits per heavy atom. The summed E-state index contributed by atoms with van der Waals surface area (Å²) in [5, 5.41) is 17.5. The van der Waals surface area contributed by atoms with Gasteiger partial charge in [-0.2, -0.15) is 0 Å². The lowest BCUT2D eigenvalue weighted by atomic mass is 9.98. The molecule has 4 aromatic rings. The monoisotopic (exact) mass is 434 g/mol. The fourth-order valence-corrected chi connectivity index (χ4v) is 4.27. The van der Waals surface area contributed by atoms with Crippen LogP contribution in [0.2, 0.25) is 5.02 Å². The quantitative estimate of drug-likeness (QED) is 0.451. The summed E-state index contributed by atoms with van der Waals surface area (Å²) in [6.45, 7) is 2.15. The van der Waals surface area contributed by atoms with E-state index in [-0.39, 0.29) is 38.5 Å². The van der Waals surface area contributed by atoms with Crippen molar-refractivity contribution in [1.82, 2.24) is 14.8 Å². The maximum atomic E-state index is 13.3. The number of fused-ring (bicyclic) bond motifs is 2. The molecule has 0 radical (unpaired) electrons. The Morgan fingerprint density at radius 3 is 2.58 bits per heavy atom. The Labute approximate surface area is 178 Å². The van der Waals surface area contributed by atoms with Gasteiger partial charge in [-0.1, -0.05) is 35.9 Å². The summed E-state index contributed by atoms with van der Waals surface area (Å²) in [7, 11) is 0. The van der Waals surface area contributed by atoms with E-state index < -0.39 is 17.0 Å². The highest BCUT2D eigenvalue weighted by Crippen LogP contribution is 2.34. The van der Waals surface area contributed by atoms with Gasteiger partial charge in [0.1, 0.15) is 11.3 Å². The van der Waals surface area contributed by atoms with Crippen molar-refractivity contribution in [3.05, 3.63) is 84.3 Å². The van der Waals surface area contributed by atoms with Gasteiger partial charge in [0.05, 0.1) is 32.7 Å². The number of rotatable bonds is 3. The summed E-state index contributed by atoms with van der Waals surface area (Å²) >= 11 is 6.17. The molecule has 2 aromatic carbocycles. The van der Waals surface area contributed by atoms with Crippen molar-refractivity contribution in [3.63, 3.8) is 0 Å². The smallest absolute Gasteiger partial charge is 0.279 e. The zero-order chi connectivity index (χ0) is 21.9. The SMILES string of the molecule is CCn1c(=O)c(-c2[nH][nH]c(=O)c2C2=c3cccc(Cl)c3=NC2=O)c(O)c2ccccc21. The highest BCUT2D eigenvalue weighted by molar-refractivity contribution is 6.31. The number of aromatic amines is 2. The lowest BCUT2D eigenvalue weighted by Gasteiger charge is -2.13. The van der Waals surface area contributed by atoms with Crippen LogP contribution in [0.5, 0.6) is 5.75 Å². The third-order valence-electron chi connectivity index (χ3n) is 5.42. The van der Waals surface area contributed by atoms with Crippen LogP contribution in [0.15, 0.2) is 57.0 Å². The van der Waals surface area contributed by atoms with Gasteiger partial charge in [0.25, 0.3) is 17.0 Å². The number of aryl methyl sites for hydroxylation is 1. The molecule has 0 fully saturated rings. The summed E-state index contributed by atoms with van der Waals surface area (Å²) in [6.07, 6.45) is 0. The zero-order valence-electron chi connectivity index (χ0n) is 16.2. The molecule has 0 saturated carbocycles. The van der Waals surface area contributed by atoms with Crippen molar-refractivity contribution >= 4 is 34.0 Å². The second kappa shape index (κ2) is 6.82. The third-order valence-corrected chi connectivity index (χ3v) is 5.73. The van der Waals surface area contributed by atoms with Gasteiger partial charge >= 0.3 is 0 Å². The van der Waals surface area contributed by atoms with Crippen LogP contribution in [0.25, 0.3) is 27.7 Å². The number of pyridine rings is 1. The Bertz CT molecular complexity index is 1660. The second-order valence-electron chi connectivity index (χ2n) is 7.05. The number of nitrogens with one attached hydrogen (secondary N) is 2. The van der Waals surface area contributed by atoms with E-state index in [2.05, 4.69) is 15.2 Å². The first-order valence-electron chi connectivity index (χ1n) is 9.51. The average molecular weight is 435 g/mol. The summed E-state index contributed by atoms with van der Waals surface area (Å²) in [5.74, 6) is -0.929. The molecule has 154 valence electrons. The first-order valence-corrected chi connectivity index (χ1v) is 9.89. The van der Waals surface area contributed by atoms with E-state index in [1.807, 2.05) is 6.92 Å². The molecule has 1 aliphatic rings. The van der Waals surface area contributed by atoms with Crippen molar-refractivity contribution in [2.75, 3.05) is 0 Å². The molecule has 8 nitrogen and oxygen atoms in total. The average Bonchev–Trinajstić information content (AvgIpc) is 3.28. The van der Waals surface area contributed by atoms with E-state index in [0.29, 0.717) is 22.7 Å². The molecule has 0 aliphatic carbocycles. The zero-order valence-corrected chi connectivity index (χ0v) is 16.9. The molecular weight excluding hydrogens is 420 g/mol. The molecule has 9 heteroatoms. The van der Waals surface area contributed by atoms with Gasteiger partial charge in [-0.15, -0.1) is 0 Å². The minimum absolute atomic E-state index is 0.0185. The van der Waals surface area contributed by atoms with E-state index in [9.17, 15) is 19.5 Å². The summed E-state index contributed by atoms with van der Waals surface area (Å²) in [5.41, 5.74) is -0.685. The number of carbonyl (C=O) groups is 1. The number of para-hydroxylation sites is 2. The van der Waals surface area contributed by atoms with Gasteiger partial charge in [0.15, 0.2) is 0 Å². The molecule has 3 heterocycles. The molecule has 0 atom stereocenters. The Hall–Kier alpha value is -3.91. The predicted octanol–water partition coefficient (Wildman–Crippen LogP) is 1.42. The highest BCUT2D eigenvalue weighted by Gasteiger charge is 2.29. The normalized spacial score (nSPS) is 13.0. The van der Waals surface area contributed by atoms with Crippen LogP contribution in [-0.4, -0.2) is 25.8 Å². The molecule has 1 amide bonds. The number of H-pyrrole nitrogens is 2. The lowest BCUT2D eigenvalue weighted by Crippen LogP contribution is -2.26. The van der Waals surface area contributed by atoms with Gasteiger partial charge < -0.3 is 9.67 Å². The number of carbonyl (C=O) groups excluding carboxylic acids is 1. The number of aromatic nitrogens is 3. The molecule has 0 unspecified atom stereocenters. The Kier molecular flexibility index (Phi) is 4.19. The highest BCUT2D eigenvalue weighted by atomic mass is 35.5. The number of hydrogen-bond donors (Lipinski definition) is 3. The number of amides is 1. The molecule has 0 bridgehead atoms. The number of benzene rings is 2. The van der Waals surface area contributed by atoms with Crippen molar-refractivity contribution in [2.45, 2.75) is 13.5 Å². The minimum Gasteiger partial charge on any atom is -0.506 e. The number of nitrogens with zero attached hydrogens (tertiary/aromatic N) is 2. The van der Waals surface area contributed by atoms with Gasteiger partial charge in [-0.05, 0) is 25.1 Å². The minimum atomic E-state index is -0.648. The molecule has 1 aliphatic heterocycles. The first-order chi connectivity index (χ1) is 14.9. The third kappa shape index (κ3) is 2.62. The predicted molar refractivity (Wildman–Crippen MR) is 116 cm³/mol. The summed E-state index contributed by atoms with van der Waals surface area (Å²) in [6, 6.07) is 11.8. The molecule has 0 saturated heterocycles. The standard InChI is InChI=1S/C22H15ClN4O4/c1-2-27-13-9-4-3-6-10(13)19(28)16(22(27)31)18-15(21(30)26-25-18)14-11-7-5-8-12(23)17(11)24-20(14)29/h3-9,28H,2H2,1H3,(H2,25,26,30). The first kappa shape index (κ1) is 19.1. The number of hydrogen-bond acceptors (Lipinski definition) is 4. The van der Waals surface area contributed by atoms with Gasteiger partial charge in [0.2, 0.25) is 0 Å². The molecule has 31 heavy (non-hydrogen) atoms. The molecule has 5 rings (SSSR count). The van der Waals surface area contributed by atoms with Gasteiger partial charge in [-0.3, -0.25) is 24.6 Å². The molecular formula is C22H15ClN4O4. The van der Waals surface area contributed by atoms with Crippen LogP contribution in [0.1, 0.15) is 12.5 Å². The number of aromatic hydroxyl groups is 1. The van der Waals surface area contributed by atoms with E-state index in [1.54, 1.807) is 42.5 Å². The molecule has 0 spiro atoms. The lowest BCUT2D eigenvalue weighted by molar-refractivity contribution is -0.112. The van der Waals surface area contributed by atoms with Crippen molar-refractivity contribution in [3.8, 4) is 17.0 Å². The van der Waals surface area contributed by atoms with E-state index in [4.69, 9.17) is 11.6 Å². The Morgan fingerprint density at radius 1 is 1.03 bits per heavy atom. The summed E-state index contributed by atoms with van der Waals surface area (Å²) < 4.78 is 1.50. The van der Waals surface area contributed by atoms with Crippen LogP contribution >= 0.6 is 11.6 Å². The second-order valence-corrected chi connectivity index (χ2v) is 7.45. The van der Waals surface area contributed by atoms with Crippen LogP contribution in [-0.2, 0) is 11.3 Å². The van der Waals surface area contributed by atoms with E-state index in [0.717, 1.165) is 0 Å². The topological polar surface area (TPSA) is 120 Å². The fourth-order valence-electron chi connectivity index (χ4n) is 4.06. The fraction of sp³-hybridized carbons (Fsp3) is 0.0909. The molecule has 2 aromatic heterocycles.